The fraction of sp³-hybridized carbons (Fsp3) is 0.267. The smallest absolute Gasteiger partial charge is 0.338 e. The maximum Gasteiger partial charge on any atom is 0.338 e. The van der Waals surface area contributed by atoms with E-state index in [9.17, 15) is 18.8 Å². The van der Waals surface area contributed by atoms with E-state index in [-0.39, 0.29) is 6.61 Å². The molecule has 0 amide bonds. The van der Waals surface area contributed by atoms with E-state index in [1.807, 2.05) is 4.98 Å². The molecule has 2 atom stereocenters. The zero-order valence-corrected chi connectivity index (χ0v) is 11.9. The van der Waals surface area contributed by atoms with Crippen molar-refractivity contribution in [3.8, 4) is 0 Å². The predicted molar refractivity (Wildman–Crippen MR) is 76.5 cm³/mol. The third-order valence-electron chi connectivity index (χ3n) is 3.48. The lowest BCUT2D eigenvalue weighted by Crippen LogP contribution is -2.37. The average molecular weight is 320 g/mol. The van der Waals surface area contributed by atoms with Gasteiger partial charge < -0.3 is 9.47 Å². The zero-order chi connectivity index (χ0) is 16.4. The molecular weight excluding hydrogens is 307 g/mol. The molecule has 1 aliphatic heterocycles. The van der Waals surface area contributed by atoms with Gasteiger partial charge in [0.2, 0.25) is 5.82 Å². The van der Waals surface area contributed by atoms with Crippen molar-refractivity contribution in [3.63, 3.8) is 0 Å². The number of aromatic amines is 1. The van der Waals surface area contributed by atoms with Crippen molar-refractivity contribution >= 4 is 5.97 Å². The van der Waals surface area contributed by atoms with E-state index >= 15 is 0 Å². The molecule has 23 heavy (non-hydrogen) atoms. The molecule has 120 valence electrons. The van der Waals surface area contributed by atoms with Gasteiger partial charge in [-0.25, -0.2) is 9.59 Å². The zero-order valence-electron chi connectivity index (χ0n) is 11.9. The minimum absolute atomic E-state index is 0.241. The summed E-state index contributed by atoms with van der Waals surface area (Å²) in [5.41, 5.74) is -1.58. The highest BCUT2D eigenvalue weighted by Gasteiger charge is 2.34. The molecule has 2 heterocycles. The summed E-state index contributed by atoms with van der Waals surface area (Å²) in [6.45, 7) is 0.241. The summed E-state index contributed by atoms with van der Waals surface area (Å²) in [5, 5.41) is 0. The van der Waals surface area contributed by atoms with Gasteiger partial charge in [0, 0.05) is 6.42 Å². The molecule has 1 aliphatic rings. The van der Waals surface area contributed by atoms with Crippen molar-refractivity contribution in [1.29, 1.82) is 0 Å². The van der Waals surface area contributed by atoms with Gasteiger partial charge in [0.05, 0.1) is 18.4 Å². The van der Waals surface area contributed by atoms with E-state index < -0.39 is 35.4 Å². The largest absolute Gasteiger partial charge is 0.454 e. The average Bonchev–Trinajstić information content (AvgIpc) is 2.99. The van der Waals surface area contributed by atoms with Crippen LogP contribution in [-0.4, -0.2) is 28.2 Å². The van der Waals surface area contributed by atoms with Crippen LogP contribution in [0.25, 0.3) is 0 Å². The molecule has 1 N–H and O–H groups in total. The van der Waals surface area contributed by atoms with E-state index in [1.165, 1.54) is 0 Å². The lowest BCUT2D eigenvalue weighted by molar-refractivity contribution is -0.0325. The second-order valence-corrected chi connectivity index (χ2v) is 5.00. The number of aromatic nitrogens is 2. The van der Waals surface area contributed by atoms with Gasteiger partial charge in [-0.3, -0.25) is 14.3 Å². The van der Waals surface area contributed by atoms with Crippen LogP contribution in [0.15, 0.2) is 46.1 Å². The number of nitrogens with one attached hydrogen (secondary N) is 1. The van der Waals surface area contributed by atoms with Gasteiger partial charge in [-0.1, -0.05) is 18.2 Å². The van der Waals surface area contributed by atoms with E-state index in [4.69, 9.17) is 9.47 Å². The molecule has 0 bridgehead atoms. The van der Waals surface area contributed by atoms with Crippen LogP contribution in [-0.2, 0) is 9.47 Å². The van der Waals surface area contributed by atoms with Crippen LogP contribution in [0.3, 0.4) is 0 Å². The van der Waals surface area contributed by atoms with E-state index in [1.54, 1.807) is 30.3 Å². The molecule has 0 spiro atoms. The third kappa shape index (κ3) is 3.07. The number of esters is 1. The number of H-pyrrole nitrogens is 1. The minimum Gasteiger partial charge on any atom is -0.454 e. The Kier molecular flexibility index (Phi) is 4.07. The van der Waals surface area contributed by atoms with Gasteiger partial charge >= 0.3 is 11.7 Å². The van der Waals surface area contributed by atoms with Crippen molar-refractivity contribution in [1.82, 2.24) is 9.55 Å². The van der Waals surface area contributed by atoms with Crippen LogP contribution in [0.2, 0.25) is 0 Å². The normalized spacial score (nSPS) is 20.4. The summed E-state index contributed by atoms with van der Waals surface area (Å²) in [5.74, 6) is -1.68. The quantitative estimate of drug-likeness (QED) is 0.846. The molecule has 0 radical (unpaired) electrons. The first kappa shape index (κ1) is 15.2. The maximum atomic E-state index is 13.4. The molecule has 0 saturated carbocycles. The topological polar surface area (TPSA) is 90.4 Å². The van der Waals surface area contributed by atoms with E-state index in [0.717, 1.165) is 10.8 Å². The van der Waals surface area contributed by atoms with Crippen LogP contribution in [0.5, 0.6) is 0 Å². The van der Waals surface area contributed by atoms with Crippen molar-refractivity contribution in [3.05, 3.63) is 68.7 Å². The van der Waals surface area contributed by atoms with Gasteiger partial charge in [-0.2, -0.15) is 4.39 Å². The van der Waals surface area contributed by atoms with Crippen molar-refractivity contribution in [2.24, 2.45) is 0 Å². The number of carbonyl (C=O) groups excluding carboxylic acids is 1. The number of ether oxygens (including phenoxy) is 2. The van der Waals surface area contributed by atoms with Crippen LogP contribution in [0.1, 0.15) is 23.0 Å². The predicted octanol–water partition coefficient (Wildman–Crippen LogP) is 0.820. The fourth-order valence-corrected chi connectivity index (χ4v) is 2.36. The molecule has 1 aromatic heterocycles. The first-order chi connectivity index (χ1) is 11.1. The lowest BCUT2D eigenvalue weighted by Gasteiger charge is -2.20. The molecular formula is C15H13FN2O5. The Labute approximate surface area is 129 Å². The first-order valence-electron chi connectivity index (χ1n) is 6.95. The first-order valence-corrected chi connectivity index (χ1v) is 6.95. The molecule has 1 aromatic carbocycles. The number of rotatable bonds is 3. The molecule has 0 aliphatic carbocycles. The van der Waals surface area contributed by atoms with Gasteiger partial charge in [0.25, 0.3) is 5.56 Å². The Morgan fingerprint density at radius 2 is 2.04 bits per heavy atom. The standard InChI is InChI=1S/C15H13FN2O5/c16-10-8-18(15(21)17-12(10)19)13-11(6-7-22-13)23-14(20)9-4-2-1-3-5-9/h1-5,8,11,13H,6-7H2,(H,17,19,21)/t11-,13-/m1/s1. The number of carbonyl (C=O) groups is 1. The van der Waals surface area contributed by atoms with Gasteiger partial charge in [-0.05, 0) is 12.1 Å². The summed E-state index contributed by atoms with van der Waals surface area (Å²) in [4.78, 5) is 36.8. The van der Waals surface area contributed by atoms with E-state index in [2.05, 4.69) is 0 Å². The van der Waals surface area contributed by atoms with Crippen LogP contribution >= 0.6 is 0 Å². The van der Waals surface area contributed by atoms with Crippen LogP contribution in [0, 0.1) is 5.82 Å². The molecule has 1 saturated heterocycles. The highest BCUT2D eigenvalue weighted by molar-refractivity contribution is 5.89. The highest BCUT2D eigenvalue weighted by Crippen LogP contribution is 2.26. The van der Waals surface area contributed by atoms with Gasteiger partial charge in [-0.15, -0.1) is 0 Å². The number of halogens is 1. The summed E-state index contributed by atoms with van der Waals surface area (Å²) < 4.78 is 25.0. The summed E-state index contributed by atoms with van der Waals surface area (Å²) in [6, 6.07) is 8.35. The summed E-state index contributed by atoms with van der Waals surface area (Å²) in [7, 11) is 0. The van der Waals surface area contributed by atoms with Crippen molar-refractivity contribution in [2.75, 3.05) is 6.61 Å². The molecule has 7 nitrogen and oxygen atoms in total. The Balaban J connectivity index is 1.84. The third-order valence-corrected chi connectivity index (χ3v) is 3.48. The lowest BCUT2D eigenvalue weighted by atomic mass is 10.2. The Hall–Kier alpha value is -2.74. The van der Waals surface area contributed by atoms with Crippen molar-refractivity contribution < 1.29 is 18.7 Å². The Morgan fingerprint density at radius 3 is 2.78 bits per heavy atom. The Bertz CT molecular complexity index is 830. The van der Waals surface area contributed by atoms with Gasteiger partial charge in [0.1, 0.15) is 6.10 Å². The number of nitrogens with zero attached hydrogens (tertiary/aromatic N) is 1. The number of hydrogen-bond acceptors (Lipinski definition) is 5. The fourth-order valence-electron chi connectivity index (χ4n) is 2.36. The number of hydrogen-bond donors (Lipinski definition) is 1. The Morgan fingerprint density at radius 1 is 1.30 bits per heavy atom. The molecule has 2 aromatic rings. The van der Waals surface area contributed by atoms with Crippen LogP contribution in [0.4, 0.5) is 4.39 Å². The number of benzene rings is 1. The maximum absolute atomic E-state index is 13.4. The molecule has 0 unspecified atom stereocenters. The van der Waals surface area contributed by atoms with Gasteiger partial charge in [0.15, 0.2) is 6.23 Å². The summed E-state index contributed by atoms with van der Waals surface area (Å²) >= 11 is 0. The van der Waals surface area contributed by atoms with Crippen molar-refractivity contribution in [2.45, 2.75) is 18.8 Å². The molecule has 8 heteroatoms. The minimum atomic E-state index is -1.12. The monoisotopic (exact) mass is 320 g/mol. The van der Waals surface area contributed by atoms with Crippen LogP contribution < -0.4 is 11.2 Å². The molecule has 1 fully saturated rings. The SMILES string of the molecule is O=C(O[C@@H]1CCO[C@H]1n1cc(F)c(=O)[nH]c1=O)c1ccccc1. The van der Waals surface area contributed by atoms with E-state index in [0.29, 0.717) is 12.0 Å². The molecule has 3 rings (SSSR count). The highest BCUT2D eigenvalue weighted by atomic mass is 19.1. The summed E-state index contributed by atoms with van der Waals surface area (Å²) in [6.07, 6.45) is -0.635. The second-order valence-electron chi connectivity index (χ2n) is 5.00. The second kappa shape index (κ2) is 6.17.